The van der Waals surface area contributed by atoms with Gasteiger partial charge in [-0.05, 0) is 30.7 Å². The van der Waals surface area contributed by atoms with E-state index in [9.17, 15) is 22.6 Å². The number of imide groups is 1. The second-order valence-corrected chi connectivity index (χ2v) is 7.09. The third-order valence-electron chi connectivity index (χ3n) is 3.69. The first-order valence-corrected chi connectivity index (χ1v) is 9.57. The smallest absolute Gasteiger partial charge is 0.744 e. The molecule has 0 aromatic heterocycles. The molecule has 0 aliphatic rings. The van der Waals surface area contributed by atoms with Gasteiger partial charge in [0.2, 0.25) is 11.8 Å². The molecule has 0 heterocycles. The number of nitrogens with zero attached hydrogens (tertiary/aromatic N) is 1. The predicted molar refractivity (Wildman–Crippen MR) is 90.6 cm³/mol. The Kier molecular flexibility index (Phi) is 11.5. The first-order valence-electron chi connectivity index (χ1n) is 8.17. The number of carbonyl (C=O) groups excluding carboxylic acids is 2. The standard InChI is InChI=1S/C17H25NO5S.Na/c1-3-4-5-6-7-8-9-17(20)18(14(2)19)15-10-12-16(13-11-15)24(21,22)23;/h10-13H,3-9H2,1-2H3,(H,21,22,23);/q;+1/p-1. The van der Waals surface area contributed by atoms with Crippen LogP contribution in [0.4, 0.5) is 5.69 Å². The molecule has 1 aromatic rings. The summed E-state index contributed by atoms with van der Waals surface area (Å²) < 4.78 is 32.8. The Bertz CT molecular complexity index is 658. The summed E-state index contributed by atoms with van der Waals surface area (Å²) in [6.45, 7) is 3.41. The van der Waals surface area contributed by atoms with Crippen LogP contribution in [0.25, 0.3) is 0 Å². The van der Waals surface area contributed by atoms with Crippen molar-refractivity contribution in [3.05, 3.63) is 24.3 Å². The zero-order valence-electron chi connectivity index (χ0n) is 15.2. The van der Waals surface area contributed by atoms with Crippen molar-refractivity contribution in [3.8, 4) is 0 Å². The second kappa shape index (κ2) is 11.8. The summed E-state index contributed by atoms with van der Waals surface area (Å²) in [5, 5.41) is 0. The van der Waals surface area contributed by atoms with E-state index in [0.29, 0.717) is 6.42 Å². The van der Waals surface area contributed by atoms with Crippen molar-refractivity contribution in [1.82, 2.24) is 0 Å². The number of unbranched alkanes of at least 4 members (excludes halogenated alkanes) is 5. The fourth-order valence-corrected chi connectivity index (χ4v) is 2.90. The Morgan fingerprint density at radius 3 is 2.00 bits per heavy atom. The molecule has 0 N–H and O–H groups in total. The molecule has 0 radical (unpaired) electrons. The minimum Gasteiger partial charge on any atom is -0.744 e. The van der Waals surface area contributed by atoms with Crippen molar-refractivity contribution >= 4 is 27.6 Å². The average Bonchev–Trinajstić information content (AvgIpc) is 2.50. The van der Waals surface area contributed by atoms with Crippen LogP contribution in [0.2, 0.25) is 0 Å². The van der Waals surface area contributed by atoms with Crippen LogP contribution in [0.3, 0.4) is 0 Å². The van der Waals surface area contributed by atoms with E-state index in [1.165, 1.54) is 25.5 Å². The van der Waals surface area contributed by atoms with E-state index in [4.69, 9.17) is 0 Å². The maximum atomic E-state index is 12.3. The van der Waals surface area contributed by atoms with Crippen molar-refractivity contribution < 1.29 is 52.1 Å². The molecule has 1 aromatic carbocycles. The molecule has 2 amide bonds. The summed E-state index contributed by atoms with van der Waals surface area (Å²) in [5.41, 5.74) is 0.269. The SMILES string of the molecule is CCCCCCCCC(=O)N(C(C)=O)c1ccc(S(=O)(=O)[O-])cc1.[Na+]. The maximum absolute atomic E-state index is 12.3. The van der Waals surface area contributed by atoms with E-state index in [2.05, 4.69) is 6.92 Å². The van der Waals surface area contributed by atoms with Crippen LogP contribution in [0, 0.1) is 0 Å². The number of amides is 2. The summed E-state index contributed by atoms with van der Waals surface area (Å²) >= 11 is 0. The zero-order chi connectivity index (χ0) is 18.2. The Balaban J connectivity index is 0.00000576. The summed E-state index contributed by atoms with van der Waals surface area (Å²) in [4.78, 5) is 24.7. The van der Waals surface area contributed by atoms with Crippen LogP contribution in [0.5, 0.6) is 0 Å². The van der Waals surface area contributed by atoms with Crippen molar-refractivity contribution in [3.63, 3.8) is 0 Å². The maximum Gasteiger partial charge on any atom is 1.00 e. The Labute approximate surface area is 172 Å². The van der Waals surface area contributed by atoms with Crippen molar-refractivity contribution in [2.75, 3.05) is 4.90 Å². The van der Waals surface area contributed by atoms with E-state index in [1.54, 1.807) is 0 Å². The predicted octanol–water partition coefficient (Wildman–Crippen LogP) is 0.225. The molecule has 0 spiro atoms. The Hall–Kier alpha value is -0.730. The minimum atomic E-state index is -4.55. The summed E-state index contributed by atoms with van der Waals surface area (Å²) in [6.07, 6.45) is 6.45. The van der Waals surface area contributed by atoms with Crippen LogP contribution in [0.1, 0.15) is 58.8 Å². The summed E-state index contributed by atoms with van der Waals surface area (Å²) in [7, 11) is -4.55. The molecule has 0 atom stereocenters. The first-order chi connectivity index (χ1) is 11.3. The summed E-state index contributed by atoms with van der Waals surface area (Å²) in [5.74, 6) is -0.764. The van der Waals surface area contributed by atoms with Gasteiger partial charge in [-0.3, -0.25) is 14.5 Å². The van der Waals surface area contributed by atoms with E-state index in [0.717, 1.165) is 42.7 Å². The Morgan fingerprint density at radius 1 is 1.00 bits per heavy atom. The van der Waals surface area contributed by atoms with E-state index in [1.807, 2.05) is 0 Å². The zero-order valence-corrected chi connectivity index (χ0v) is 18.0. The van der Waals surface area contributed by atoms with E-state index in [-0.39, 0.29) is 47.6 Å². The van der Waals surface area contributed by atoms with Gasteiger partial charge in [0.15, 0.2) is 0 Å². The largest absolute Gasteiger partial charge is 1.00 e. The van der Waals surface area contributed by atoms with Gasteiger partial charge in [0.25, 0.3) is 0 Å². The second-order valence-electron chi connectivity index (χ2n) is 5.71. The van der Waals surface area contributed by atoms with Crippen LogP contribution < -0.4 is 34.5 Å². The quantitative estimate of drug-likeness (QED) is 0.349. The van der Waals surface area contributed by atoms with Gasteiger partial charge in [0, 0.05) is 13.3 Å². The molecule has 0 aliphatic heterocycles. The molecular formula is C17H24NNaO5S. The average molecular weight is 377 g/mol. The number of hydrogen-bond acceptors (Lipinski definition) is 5. The van der Waals surface area contributed by atoms with Gasteiger partial charge in [0.05, 0.1) is 10.6 Å². The molecule has 8 heteroatoms. The number of rotatable bonds is 9. The van der Waals surface area contributed by atoms with Gasteiger partial charge in [0.1, 0.15) is 10.1 Å². The van der Waals surface area contributed by atoms with E-state index >= 15 is 0 Å². The van der Waals surface area contributed by atoms with Crippen molar-refractivity contribution in [2.45, 2.75) is 63.7 Å². The van der Waals surface area contributed by atoms with Gasteiger partial charge in [-0.1, -0.05) is 39.0 Å². The minimum absolute atomic E-state index is 0. The van der Waals surface area contributed by atoms with Gasteiger partial charge < -0.3 is 4.55 Å². The number of carbonyl (C=O) groups is 2. The molecule has 6 nitrogen and oxygen atoms in total. The number of benzene rings is 1. The molecular weight excluding hydrogens is 353 g/mol. The molecule has 0 bridgehead atoms. The third-order valence-corrected chi connectivity index (χ3v) is 4.54. The van der Waals surface area contributed by atoms with Gasteiger partial charge >= 0.3 is 29.6 Å². The van der Waals surface area contributed by atoms with Crippen molar-refractivity contribution in [2.24, 2.45) is 0 Å². The van der Waals surface area contributed by atoms with Crippen LogP contribution in [0.15, 0.2) is 29.2 Å². The molecule has 25 heavy (non-hydrogen) atoms. The molecule has 0 fully saturated rings. The summed E-state index contributed by atoms with van der Waals surface area (Å²) in [6, 6.07) is 4.80. The fourth-order valence-electron chi connectivity index (χ4n) is 2.43. The Morgan fingerprint density at radius 2 is 1.52 bits per heavy atom. The van der Waals surface area contributed by atoms with Crippen LogP contribution in [-0.4, -0.2) is 24.8 Å². The van der Waals surface area contributed by atoms with Gasteiger partial charge in [-0.25, -0.2) is 8.42 Å². The molecule has 0 saturated heterocycles. The normalized spacial score (nSPS) is 10.8. The van der Waals surface area contributed by atoms with E-state index < -0.39 is 20.9 Å². The van der Waals surface area contributed by atoms with Gasteiger partial charge in [-0.15, -0.1) is 0 Å². The molecule has 0 unspecified atom stereocenters. The molecule has 0 saturated carbocycles. The first kappa shape index (κ1) is 24.3. The number of hydrogen-bond donors (Lipinski definition) is 0. The molecule has 0 aliphatic carbocycles. The van der Waals surface area contributed by atoms with Crippen LogP contribution in [-0.2, 0) is 19.7 Å². The monoisotopic (exact) mass is 377 g/mol. The molecule has 134 valence electrons. The van der Waals surface area contributed by atoms with Crippen LogP contribution >= 0.6 is 0 Å². The number of anilines is 1. The van der Waals surface area contributed by atoms with Gasteiger partial charge in [-0.2, -0.15) is 0 Å². The molecule has 1 rings (SSSR count). The topological polar surface area (TPSA) is 94.6 Å². The fraction of sp³-hybridized carbons (Fsp3) is 0.529. The third kappa shape index (κ3) is 8.46. The van der Waals surface area contributed by atoms with Crippen molar-refractivity contribution in [1.29, 1.82) is 0 Å².